The van der Waals surface area contributed by atoms with Crippen molar-refractivity contribution >= 4 is 40.1 Å². The van der Waals surface area contributed by atoms with E-state index in [2.05, 4.69) is 10.3 Å². The van der Waals surface area contributed by atoms with Crippen molar-refractivity contribution in [2.75, 3.05) is 11.9 Å². The van der Waals surface area contributed by atoms with Gasteiger partial charge in [0.15, 0.2) is 6.61 Å². The molecule has 0 unspecified atom stereocenters. The standard InChI is InChI=1S/C21H19ClN2O3/c1-12-8-13(2)20(17(22)9-12)24-19(25)11-27-21(26)16-10-14(3)23-18-7-5-4-6-15(16)18/h4-10H,11H2,1-3H3,(H,24,25). The number of rotatable bonds is 4. The first-order chi connectivity index (χ1) is 12.8. The lowest BCUT2D eigenvalue weighted by Gasteiger charge is -2.12. The molecule has 5 nitrogen and oxygen atoms in total. The summed E-state index contributed by atoms with van der Waals surface area (Å²) < 4.78 is 5.21. The van der Waals surface area contributed by atoms with Crippen LogP contribution in [-0.4, -0.2) is 23.5 Å². The van der Waals surface area contributed by atoms with E-state index >= 15 is 0 Å². The number of carbonyl (C=O) groups excluding carboxylic acids is 2. The van der Waals surface area contributed by atoms with Crippen LogP contribution in [0.3, 0.4) is 0 Å². The summed E-state index contributed by atoms with van der Waals surface area (Å²) in [6.45, 7) is 5.18. The number of hydrogen-bond acceptors (Lipinski definition) is 4. The predicted octanol–water partition coefficient (Wildman–Crippen LogP) is 4.61. The molecule has 27 heavy (non-hydrogen) atoms. The summed E-state index contributed by atoms with van der Waals surface area (Å²) >= 11 is 6.19. The normalized spacial score (nSPS) is 10.7. The van der Waals surface area contributed by atoms with Crippen molar-refractivity contribution in [2.45, 2.75) is 20.8 Å². The van der Waals surface area contributed by atoms with E-state index in [-0.39, 0.29) is 0 Å². The fourth-order valence-corrected chi connectivity index (χ4v) is 3.30. The Morgan fingerprint density at radius 1 is 1.11 bits per heavy atom. The molecule has 3 aromatic rings. The van der Waals surface area contributed by atoms with Gasteiger partial charge in [-0.05, 0) is 50.1 Å². The molecule has 0 fully saturated rings. The Bertz CT molecular complexity index is 1020. The van der Waals surface area contributed by atoms with Crippen LogP contribution in [0.1, 0.15) is 27.2 Å². The number of amides is 1. The molecule has 0 spiro atoms. The van der Waals surface area contributed by atoms with Gasteiger partial charge in [0.05, 0.1) is 21.8 Å². The molecule has 0 atom stereocenters. The third kappa shape index (κ3) is 4.26. The number of carbonyl (C=O) groups is 2. The van der Waals surface area contributed by atoms with Gasteiger partial charge in [0.25, 0.3) is 5.91 Å². The molecule has 0 bridgehead atoms. The largest absolute Gasteiger partial charge is 0.452 e. The van der Waals surface area contributed by atoms with E-state index in [9.17, 15) is 9.59 Å². The lowest BCUT2D eigenvalue weighted by Crippen LogP contribution is -2.21. The van der Waals surface area contributed by atoms with E-state index in [0.717, 1.165) is 11.1 Å². The molecule has 3 rings (SSSR count). The second kappa shape index (κ2) is 7.76. The number of nitrogens with one attached hydrogen (secondary N) is 1. The number of fused-ring (bicyclic) bond motifs is 1. The summed E-state index contributed by atoms with van der Waals surface area (Å²) in [4.78, 5) is 29.1. The van der Waals surface area contributed by atoms with Crippen molar-refractivity contribution in [1.29, 1.82) is 0 Å². The predicted molar refractivity (Wildman–Crippen MR) is 106 cm³/mol. The Kier molecular flexibility index (Phi) is 5.42. The molecule has 6 heteroatoms. The lowest BCUT2D eigenvalue weighted by molar-refractivity contribution is -0.119. The number of benzene rings is 2. The van der Waals surface area contributed by atoms with Crippen molar-refractivity contribution in [3.8, 4) is 0 Å². The monoisotopic (exact) mass is 382 g/mol. The van der Waals surface area contributed by atoms with Crippen LogP contribution in [0.25, 0.3) is 10.9 Å². The Balaban J connectivity index is 1.72. The van der Waals surface area contributed by atoms with Crippen LogP contribution in [0, 0.1) is 20.8 Å². The van der Waals surface area contributed by atoms with Crippen molar-refractivity contribution < 1.29 is 14.3 Å². The van der Waals surface area contributed by atoms with E-state index < -0.39 is 18.5 Å². The Morgan fingerprint density at radius 3 is 2.59 bits per heavy atom. The minimum absolute atomic E-state index is 0.385. The maximum Gasteiger partial charge on any atom is 0.339 e. The minimum Gasteiger partial charge on any atom is -0.452 e. The number of esters is 1. The zero-order valence-electron chi connectivity index (χ0n) is 15.3. The highest BCUT2D eigenvalue weighted by Crippen LogP contribution is 2.27. The molecule has 1 N–H and O–H groups in total. The first-order valence-electron chi connectivity index (χ1n) is 8.45. The number of ether oxygens (including phenoxy) is 1. The van der Waals surface area contributed by atoms with E-state index in [0.29, 0.717) is 32.9 Å². The smallest absolute Gasteiger partial charge is 0.339 e. The van der Waals surface area contributed by atoms with Crippen LogP contribution < -0.4 is 5.32 Å². The molecule has 138 valence electrons. The van der Waals surface area contributed by atoms with Crippen molar-refractivity contribution in [3.63, 3.8) is 0 Å². The molecule has 1 heterocycles. The SMILES string of the molecule is Cc1cc(C)c(NC(=O)COC(=O)c2cc(C)nc3ccccc23)c(Cl)c1. The van der Waals surface area contributed by atoms with Gasteiger partial charge in [-0.25, -0.2) is 4.79 Å². The summed E-state index contributed by atoms with van der Waals surface area (Å²) in [5, 5.41) is 3.83. The van der Waals surface area contributed by atoms with Crippen molar-refractivity contribution in [3.05, 3.63) is 69.9 Å². The summed E-state index contributed by atoms with van der Waals surface area (Å²) in [7, 11) is 0. The van der Waals surface area contributed by atoms with Gasteiger partial charge in [-0.15, -0.1) is 0 Å². The number of anilines is 1. The fraction of sp³-hybridized carbons (Fsp3) is 0.190. The van der Waals surface area contributed by atoms with Crippen LogP contribution in [0.4, 0.5) is 5.69 Å². The molecule has 0 radical (unpaired) electrons. The maximum absolute atomic E-state index is 12.5. The maximum atomic E-state index is 12.5. The first kappa shape index (κ1) is 18.9. The van der Waals surface area contributed by atoms with Crippen LogP contribution in [0.5, 0.6) is 0 Å². The van der Waals surface area contributed by atoms with Crippen molar-refractivity contribution in [2.24, 2.45) is 0 Å². The summed E-state index contributed by atoms with van der Waals surface area (Å²) in [6.07, 6.45) is 0. The second-order valence-electron chi connectivity index (χ2n) is 6.39. The molecule has 0 aliphatic carbocycles. The highest BCUT2D eigenvalue weighted by atomic mass is 35.5. The highest BCUT2D eigenvalue weighted by molar-refractivity contribution is 6.34. The lowest BCUT2D eigenvalue weighted by atomic mass is 10.1. The molecule has 1 amide bonds. The van der Waals surface area contributed by atoms with Gasteiger partial charge in [-0.2, -0.15) is 0 Å². The summed E-state index contributed by atoms with van der Waals surface area (Å²) in [6, 6.07) is 12.6. The van der Waals surface area contributed by atoms with E-state index in [1.807, 2.05) is 38.1 Å². The fourth-order valence-electron chi connectivity index (χ4n) is 2.94. The number of aryl methyl sites for hydroxylation is 3. The number of aromatic nitrogens is 1. The van der Waals surface area contributed by atoms with Gasteiger partial charge in [0, 0.05) is 11.1 Å². The number of hydrogen-bond donors (Lipinski definition) is 1. The van der Waals surface area contributed by atoms with Crippen molar-refractivity contribution in [1.82, 2.24) is 4.98 Å². The van der Waals surface area contributed by atoms with Gasteiger partial charge in [-0.3, -0.25) is 9.78 Å². The second-order valence-corrected chi connectivity index (χ2v) is 6.80. The summed E-state index contributed by atoms with van der Waals surface area (Å²) in [5.41, 5.74) is 4.16. The average molecular weight is 383 g/mol. The molecule has 0 aliphatic heterocycles. The third-order valence-corrected chi connectivity index (χ3v) is 4.39. The minimum atomic E-state index is -0.571. The molecule has 2 aromatic carbocycles. The van der Waals surface area contributed by atoms with E-state index in [1.54, 1.807) is 25.1 Å². The van der Waals surface area contributed by atoms with Crippen LogP contribution in [0.15, 0.2) is 42.5 Å². The van der Waals surface area contributed by atoms with Gasteiger partial charge in [0.1, 0.15) is 0 Å². The Hall–Kier alpha value is -2.92. The van der Waals surface area contributed by atoms with Crippen LogP contribution in [-0.2, 0) is 9.53 Å². The average Bonchev–Trinajstić information content (AvgIpc) is 2.62. The van der Waals surface area contributed by atoms with Crippen LogP contribution >= 0.6 is 11.6 Å². The van der Waals surface area contributed by atoms with Gasteiger partial charge >= 0.3 is 5.97 Å². The zero-order chi connectivity index (χ0) is 19.6. The number of halogens is 1. The topological polar surface area (TPSA) is 68.3 Å². The number of pyridine rings is 1. The van der Waals surface area contributed by atoms with Gasteiger partial charge in [-0.1, -0.05) is 35.9 Å². The number of para-hydroxylation sites is 1. The molecule has 0 aliphatic rings. The van der Waals surface area contributed by atoms with Crippen LogP contribution in [0.2, 0.25) is 5.02 Å². The molecular formula is C21H19ClN2O3. The van der Waals surface area contributed by atoms with Gasteiger partial charge in [0.2, 0.25) is 0 Å². The Labute approximate surface area is 162 Å². The molecule has 0 saturated heterocycles. The van der Waals surface area contributed by atoms with E-state index in [4.69, 9.17) is 16.3 Å². The quantitative estimate of drug-likeness (QED) is 0.669. The number of nitrogens with zero attached hydrogens (tertiary/aromatic N) is 1. The molecule has 0 saturated carbocycles. The summed E-state index contributed by atoms with van der Waals surface area (Å²) in [5.74, 6) is -1.02. The highest BCUT2D eigenvalue weighted by Gasteiger charge is 2.16. The zero-order valence-corrected chi connectivity index (χ0v) is 16.1. The van der Waals surface area contributed by atoms with E-state index in [1.165, 1.54) is 0 Å². The first-order valence-corrected chi connectivity index (χ1v) is 8.83. The molecule has 1 aromatic heterocycles. The van der Waals surface area contributed by atoms with Gasteiger partial charge < -0.3 is 10.1 Å². The Morgan fingerprint density at radius 2 is 1.85 bits per heavy atom. The third-order valence-electron chi connectivity index (χ3n) is 4.09. The molecular weight excluding hydrogens is 364 g/mol.